The van der Waals surface area contributed by atoms with Gasteiger partial charge in [0.25, 0.3) is 5.91 Å². The second-order valence-electron chi connectivity index (χ2n) is 7.23. The molecule has 3 amide bonds. The topological polar surface area (TPSA) is 60.9 Å². The monoisotopic (exact) mass is 357 g/mol. The van der Waals surface area contributed by atoms with Crippen molar-refractivity contribution in [3.05, 3.63) is 35.4 Å². The Bertz CT molecular complexity index is 695. The third-order valence-corrected chi connectivity index (χ3v) is 5.20. The van der Waals surface area contributed by atoms with Crippen LogP contribution in [-0.4, -0.2) is 71.7 Å². The number of carbonyl (C=O) groups excluding carboxylic acids is 3. The molecule has 0 radical (unpaired) electrons. The molecule has 0 spiro atoms. The van der Waals surface area contributed by atoms with E-state index in [1.807, 2.05) is 47.9 Å². The van der Waals surface area contributed by atoms with Crippen molar-refractivity contribution < 1.29 is 14.4 Å². The van der Waals surface area contributed by atoms with Crippen molar-refractivity contribution >= 4 is 17.7 Å². The molecule has 6 nitrogen and oxygen atoms in total. The SMILES string of the molecule is CCCN1CC(C(=O)N2CCN(C(=O)c3cccc(C)c3)CC2)CC1=O. The summed E-state index contributed by atoms with van der Waals surface area (Å²) in [5, 5.41) is 0. The van der Waals surface area contributed by atoms with Crippen molar-refractivity contribution in [3.63, 3.8) is 0 Å². The van der Waals surface area contributed by atoms with Crippen LogP contribution in [-0.2, 0) is 9.59 Å². The lowest BCUT2D eigenvalue weighted by molar-refractivity contribution is -0.137. The predicted octanol–water partition coefficient (Wildman–Crippen LogP) is 1.54. The molecule has 2 fully saturated rings. The van der Waals surface area contributed by atoms with E-state index >= 15 is 0 Å². The van der Waals surface area contributed by atoms with Gasteiger partial charge in [-0.2, -0.15) is 0 Å². The summed E-state index contributed by atoms with van der Waals surface area (Å²) in [6.45, 7) is 7.42. The fourth-order valence-electron chi connectivity index (χ4n) is 3.77. The van der Waals surface area contributed by atoms with Crippen LogP contribution in [0.1, 0.15) is 35.7 Å². The van der Waals surface area contributed by atoms with E-state index in [1.165, 1.54) is 0 Å². The zero-order chi connectivity index (χ0) is 18.7. The summed E-state index contributed by atoms with van der Waals surface area (Å²) in [7, 11) is 0. The Morgan fingerprint density at radius 3 is 2.46 bits per heavy atom. The molecule has 1 unspecified atom stereocenters. The molecule has 6 heteroatoms. The minimum absolute atomic E-state index is 0.0194. The van der Waals surface area contributed by atoms with Crippen molar-refractivity contribution in [2.45, 2.75) is 26.7 Å². The number of amides is 3. The molecule has 0 saturated carbocycles. The minimum Gasteiger partial charge on any atom is -0.342 e. The van der Waals surface area contributed by atoms with Crippen molar-refractivity contribution in [1.82, 2.24) is 14.7 Å². The van der Waals surface area contributed by atoms with Gasteiger partial charge in [-0.15, -0.1) is 0 Å². The molecule has 140 valence electrons. The molecule has 2 heterocycles. The van der Waals surface area contributed by atoms with Gasteiger partial charge in [0.05, 0.1) is 5.92 Å². The van der Waals surface area contributed by atoms with E-state index in [1.54, 1.807) is 4.90 Å². The highest BCUT2D eigenvalue weighted by Crippen LogP contribution is 2.21. The Morgan fingerprint density at radius 1 is 1.12 bits per heavy atom. The lowest BCUT2D eigenvalue weighted by Gasteiger charge is -2.36. The van der Waals surface area contributed by atoms with Gasteiger partial charge < -0.3 is 14.7 Å². The largest absolute Gasteiger partial charge is 0.342 e. The van der Waals surface area contributed by atoms with E-state index in [0.29, 0.717) is 44.7 Å². The van der Waals surface area contributed by atoms with Crippen molar-refractivity contribution in [3.8, 4) is 0 Å². The van der Waals surface area contributed by atoms with Crippen molar-refractivity contribution in [2.75, 3.05) is 39.3 Å². The molecule has 2 saturated heterocycles. The van der Waals surface area contributed by atoms with Crippen LogP contribution in [0.3, 0.4) is 0 Å². The van der Waals surface area contributed by atoms with Crippen LogP contribution in [0.25, 0.3) is 0 Å². The number of carbonyl (C=O) groups is 3. The average Bonchev–Trinajstić information content (AvgIpc) is 3.02. The molecule has 0 aliphatic carbocycles. The van der Waals surface area contributed by atoms with Crippen LogP contribution in [0.2, 0.25) is 0 Å². The zero-order valence-electron chi connectivity index (χ0n) is 15.6. The number of benzene rings is 1. The highest BCUT2D eigenvalue weighted by atomic mass is 16.2. The number of hydrogen-bond acceptors (Lipinski definition) is 3. The summed E-state index contributed by atoms with van der Waals surface area (Å²) in [6.07, 6.45) is 1.23. The van der Waals surface area contributed by atoms with Gasteiger partial charge in [0.1, 0.15) is 0 Å². The molecule has 0 aromatic heterocycles. The summed E-state index contributed by atoms with van der Waals surface area (Å²) >= 11 is 0. The third-order valence-electron chi connectivity index (χ3n) is 5.20. The van der Waals surface area contributed by atoms with E-state index in [4.69, 9.17) is 0 Å². The Kier molecular flexibility index (Phi) is 5.59. The highest BCUT2D eigenvalue weighted by Gasteiger charge is 2.37. The maximum Gasteiger partial charge on any atom is 0.253 e. The molecule has 26 heavy (non-hydrogen) atoms. The maximum atomic E-state index is 12.7. The van der Waals surface area contributed by atoms with E-state index < -0.39 is 0 Å². The first-order valence-corrected chi connectivity index (χ1v) is 9.42. The normalized spacial score (nSPS) is 20.6. The van der Waals surface area contributed by atoms with E-state index in [2.05, 4.69) is 0 Å². The minimum atomic E-state index is -0.229. The predicted molar refractivity (Wildman–Crippen MR) is 98.6 cm³/mol. The first kappa shape index (κ1) is 18.4. The smallest absolute Gasteiger partial charge is 0.253 e. The molecule has 0 N–H and O–H groups in total. The van der Waals surface area contributed by atoms with E-state index in [9.17, 15) is 14.4 Å². The number of piperazine rings is 1. The standard InChI is InChI=1S/C20H27N3O3/c1-3-7-23-14-17(13-18(23)24)20(26)22-10-8-21(9-11-22)19(25)16-6-4-5-15(2)12-16/h4-6,12,17H,3,7-11,13-14H2,1-2H3. The second kappa shape index (κ2) is 7.89. The maximum absolute atomic E-state index is 12.7. The summed E-state index contributed by atoms with van der Waals surface area (Å²) in [4.78, 5) is 42.7. The molecular weight excluding hydrogens is 330 g/mol. The van der Waals surface area contributed by atoms with Gasteiger partial charge in [0.15, 0.2) is 0 Å². The van der Waals surface area contributed by atoms with Crippen LogP contribution in [0.4, 0.5) is 0 Å². The lowest BCUT2D eigenvalue weighted by Crippen LogP contribution is -2.52. The summed E-state index contributed by atoms with van der Waals surface area (Å²) in [5.74, 6) is -0.0721. The van der Waals surface area contributed by atoms with Gasteiger partial charge in [-0.25, -0.2) is 0 Å². The van der Waals surface area contributed by atoms with Gasteiger partial charge in [-0.1, -0.05) is 24.6 Å². The summed E-state index contributed by atoms with van der Waals surface area (Å²) in [6, 6.07) is 7.59. The number of hydrogen-bond donors (Lipinski definition) is 0. The number of rotatable bonds is 4. The second-order valence-corrected chi connectivity index (χ2v) is 7.23. The molecule has 3 rings (SSSR count). The summed E-state index contributed by atoms with van der Waals surface area (Å²) < 4.78 is 0. The molecule has 2 aliphatic rings. The fraction of sp³-hybridized carbons (Fsp3) is 0.550. The van der Waals surface area contributed by atoms with E-state index in [-0.39, 0.29) is 23.6 Å². The number of aryl methyl sites for hydroxylation is 1. The van der Waals surface area contributed by atoms with Crippen LogP contribution in [0.15, 0.2) is 24.3 Å². The quantitative estimate of drug-likeness (QED) is 0.821. The van der Waals surface area contributed by atoms with E-state index in [0.717, 1.165) is 18.5 Å². The fourth-order valence-corrected chi connectivity index (χ4v) is 3.77. The third kappa shape index (κ3) is 3.89. The first-order valence-electron chi connectivity index (χ1n) is 9.42. The van der Waals surface area contributed by atoms with Crippen LogP contribution < -0.4 is 0 Å². The van der Waals surface area contributed by atoms with Gasteiger partial charge in [-0.3, -0.25) is 14.4 Å². The van der Waals surface area contributed by atoms with Gasteiger partial charge in [0.2, 0.25) is 11.8 Å². The molecular formula is C20H27N3O3. The molecule has 2 aliphatic heterocycles. The first-order chi connectivity index (χ1) is 12.5. The molecule has 1 aromatic rings. The van der Waals surface area contributed by atoms with Gasteiger partial charge in [0, 0.05) is 51.3 Å². The molecule has 1 aromatic carbocycles. The van der Waals surface area contributed by atoms with Crippen LogP contribution in [0, 0.1) is 12.8 Å². The lowest BCUT2D eigenvalue weighted by atomic mass is 10.1. The Morgan fingerprint density at radius 2 is 1.81 bits per heavy atom. The van der Waals surface area contributed by atoms with Gasteiger partial charge >= 0.3 is 0 Å². The number of likely N-dealkylation sites (tertiary alicyclic amines) is 1. The van der Waals surface area contributed by atoms with Crippen LogP contribution in [0.5, 0.6) is 0 Å². The summed E-state index contributed by atoms with van der Waals surface area (Å²) in [5.41, 5.74) is 1.76. The Hall–Kier alpha value is -2.37. The van der Waals surface area contributed by atoms with Gasteiger partial charge in [-0.05, 0) is 25.5 Å². The average molecular weight is 357 g/mol. The highest BCUT2D eigenvalue weighted by molar-refractivity contribution is 5.94. The Balaban J connectivity index is 1.54. The van der Waals surface area contributed by atoms with Crippen molar-refractivity contribution in [1.29, 1.82) is 0 Å². The molecule has 1 atom stereocenters. The number of nitrogens with zero attached hydrogens (tertiary/aromatic N) is 3. The molecule has 0 bridgehead atoms. The zero-order valence-corrected chi connectivity index (χ0v) is 15.6. The Labute approximate surface area is 154 Å². The van der Waals surface area contributed by atoms with Crippen molar-refractivity contribution in [2.24, 2.45) is 5.92 Å². The van der Waals surface area contributed by atoms with Crippen LogP contribution >= 0.6 is 0 Å².